The molecule has 0 unspecified atom stereocenters. The average Bonchev–Trinajstić information content (AvgIpc) is 1.19. The number of nitrogens with one attached hydrogen (secondary N) is 2. The molecule has 3 fully saturated rings. The third-order valence-corrected chi connectivity index (χ3v) is 22.8. The number of aliphatic hydroxyl groups is 4. The van der Waals surface area contributed by atoms with Gasteiger partial charge in [0, 0.05) is 93.9 Å². The van der Waals surface area contributed by atoms with Gasteiger partial charge in [-0.25, -0.2) is 34.2 Å². The summed E-state index contributed by atoms with van der Waals surface area (Å²) in [5.74, 6) is -8.00. The second-order valence-electron chi connectivity index (χ2n) is 32.2. The quantitative estimate of drug-likeness (QED) is 0.0101. The molecule has 3 amide bonds. The highest BCUT2D eigenvalue weighted by Crippen LogP contribution is 2.39. The van der Waals surface area contributed by atoms with Crippen LogP contribution in [0.2, 0.25) is 0 Å². The van der Waals surface area contributed by atoms with Crippen molar-refractivity contribution in [3.63, 3.8) is 0 Å². The van der Waals surface area contributed by atoms with Crippen LogP contribution < -0.4 is 27.8 Å². The molecular weight excluding hydrogens is 1610 g/mol. The van der Waals surface area contributed by atoms with Gasteiger partial charge in [-0.15, -0.1) is 0 Å². The summed E-state index contributed by atoms with van der Waals surface area (Å²) in [5.41, 5.74) is 23.9. The molecule has 37 nitrogen and oxygen atoms in total. The van der Waals surface area contributed by atoms with E-state index in [0.29, 0.717) is 177 Å². The predicted molar refractivity (Wildman–Crippen MR) is 454 cm³/mol. The van der Waals surface area contributed by atoms with Crippen LogP contribution in [0.5, 0.6) is 0 Å². The summed E-state index contributed by atoms with van der Waals surface area (Å²) in [5, 5.41) is 57.5. The molecule has 124 heavy (non-hydrogen) atoms. The first-order chi connectivity index (χ1) is 59.7. The number of ether oxygens (including phenoxy) is 13. The fourth-order valence-corrected chi connectivity index (χ4v) is 15.6. The summed E-state index contributed by atoms with van der Waals surface area (Å²) in [6.07, 6.45) is 11.1. The van der Waals surface area contributed by atoms with Gasteiger partial charge in [0.05, 0.1) is 149 Å². The number of allylic oxidation sites excluding steroid dienone is 5. The number of benzene rings is 1. The molecule has 5 aromatic rings. The summed E-state index contributed by atoms with van der Waals surface area (Å²) in [7, 11) is 3.07. The van der Waals surface area contributed by atoms with E-state index in [9.17, 15) is 49.2 Å². The second kappa shape index (κ2) is 51.2. The predicted octanol–water partition coefficient (Wildman–Crippen LogP) is 5.53. The van der Waals surface area contributed by atoms with Crippen LogP contribution in [0.3, 0.4) is 0 Å². The maximum atomic E-state index is 14.7. The third kappa shape index (κ3) is 30.2. The fourth-order valence-electron chi connectivity index (χ4n) is 15.6. The molecule has 4 aromatic heterocycles. The number of rotatable bonds is 38. The van der Waals surface area contributed by atoms with Gasteiger partial charge in [0.1, 0.15) is 59.6 Å². The Balaban J connectivity index is 0.591. The van der Waals surface area contributed by atoms with E-state index in [4.69, 9.17) is 88.3 Å². The number of nitrogen functional groups attached to an aromatic ring is 2. The number of esters is 1. The van der Waals surface area contributed by atoms with Crippen LogP contribution in [0.4, 0.5) is 16.6 Å². The number of nitrogens with zero attached hydrogens (tertiary/aromatic N) is 8. The lowest BCUT2D eigenvalue weighted by Crippen LogP contribution is -2.61. The highest BCUT2D eigenvalue weighted by Gasteiger charge is 2.53. The van der Waals surface area contributed by atoms with Crippen molar-refractivity contribution in [2.45, 2.75) is 205 Å². The molecule has 0 radical (unpaired) electrons. The number of methoxy groups -OCH3 is 2. The highest BCUT2D eigenvalue weighted by atomic mass is 16.6. The average molecular weight is 1740 g/mol. The van der Waals surface area contributed by atoms with E-state index >= 15 is 0 Å². The molecule has 2 saturated heterocycles. The van der Waals surface area contributed by atoms with E-state index < -0.39 is 114 Å². The molecule has 7 heterocycles. The van der Waals surface area contributed by atoms with Crippen molar-refractivity contribution in [3.05, 3.63) is 95.9 Å². The molecule has 0 spiro atoms. The van der Waals surface area contributed by atoms with Crippen molar-refractivity contribution in [3.8, 4) is 11.3 Å². The van der Waals surface area contributed by atoms with E-state index in [1.807, 2.05) is 56.4 Å². The number of hydrogen-bond acceptors (Lipinski definition) is 33. The third-order valence-electron chi connectivity index (χ3n) is 22.8. The molecule has 686 valence electrons. The van der Waals surface area contributed by atoms with Crippen molar-refractivity contribution in [1.29, 1.82) is 0 Å². The molecule has 12 N–H and O–H groups in total. The molecule has 1 aromatic carbocycles. The summed E-state index contributed by atoms with van der Waals surface area (Å²) in [6, 6.07) is 3.31. The molecule has 37 heteroatoms. The van der Waals surface area contributed by atoms with Crippen LogP contribution in [-0.2, 0) is 98.6 Å². The Labute approximate surface area is 723 Å². The van der Waals surface area contributed by atoms with Gasteiger partial charge in [-0.1, -0.05) is 64.2 Å². The Morgan fingerprint density at radius 2 is 1.35 bits per heavy atom. The maximum Gasteiger partial charge on any atom is 0.407 e. The number of carbonyl (C=O) groups is 6. The Bertz CT molecular complexity index is 4300. The van der Waals surface area contributed by atoms with E-state index in [1.54, 1.807) is 64.0 Å². The zero-order valence-corrected chi connectivity index (χ0v) is 72.7. The van der Waals surface area contributed by atoms with Crippen LogP contribution in [-0.4, -0.2) is 295 Å². The van der Waals surface area contributed by atoms with Crippen LogP contribution in [0.1, 0.15) is 136 Å². The summed E-state index contributed by atoms with van der Waals surface area (Å²) in [6.45, 7) is 16.5. The van der Waals surface area contributed by atoms with Gasteiger partial charge in [0.25, 0.3) is 17.7 Å². The smallest absolute Gasteiger partial charge is 0.407 e. The molecular formula is C87H129N13O24. The first-order valence-corrected chi connectivity index (χ1v) is 43.1. The van der Waals surface area contributed by atoms with Gasteiger partial charge in [-0.05, 0) is 119 Å². The normalized spacial score (nSPS) is 26.7. The number of Topliss-reactive ketones (excluding diaryl/α,β-unsaturated/α-hetero) is 2. The first-order valence-electron chi connectivity index (χ1n) is 43.1. The largest absolute Gasteiger partial charge is 0.459 e. The maximum absolute atomic E-state index is 14.7. The van der Waals surface area contributed by atoms with Gasteiger partial charge in [0.2, 0.25) is 11.7 Å². The number of ketones is 2. The number of anilines is 2. The van der Waals surface area contributed by atoms with Crippen LogP contribution in [0.15, 0.2) is 88.9 Å². The lowest BCUT2D eigenvalue weighted by Gasteiger charge is -2.42. The van der Waals surface area contributed by atoms with Gasteiger partial charge in [0.15, 0.2) is 17.0 Å². The van der Waals surface area contributed by atoms with Gasteiger partial charge < -0.3 is 119 Å². The Morgan fingerprint density at radius 1 is 0.702 bits per heavy atom. The van der Waals surface area contributed by atoms with Crippen molar-refractivity contribution < 1.29 is 115 Å². The number of nitrogens with two attached hydrogens (primary N) is 3. The number of cyclic esters (lactones) is 1. The lowest BCUT2D eigenvalue weighted by atomic mass is 9.80. The van der Waals surface area contributed by atoms with Crippen LogP contribution in [0, 0.1) is 29.6 Å². The zero-order valence-electron chi connectivity index (χ0n) is 72.7. The number of alkyl carbamates (subject to hydrolysis) is 1. The second-order valence-corrected chi connectivity index (χ2v) is 32.2. The Kier molecular flexibility index (Phi) is 40.9. The monoisotopic (exact) mass is 1740 g/mol. The number of amides is 3. The molecule has 1 aliphatic carbocycles. The number of fused-ring (bicyclic) bond motifs is 5. The summed E-state index contributed by atoms with van der Waals surface area (Å²) in [4.78, 5) is 106. The molecule has 2 bridgehead atoms. The van der Waals surface area contributed by atoms with Crippen molar-refractivity contribution in [1.82, 2.24) is 50.2 Å². The van der Waals surface area contributed by atoms with Gasteiger partial charge in [-0.3, -0.25) is 19.2 Å². The van der Waals surface area contributed by atoms with E-state index in [-0.39, 0.29) is 107 Å². The molecule has 1 saturated carbocycles. The van der Waals surface area contributed by atoms with E-state index in [1.165, 1.54) is 13.4 Å². The number of carbonyl (C=O) groups excluding carboxylic acids is 6. The number of hydrogen-bond donors (Lipinski definition) is 9. The van der Waals surface area contributed by atoms with Gasteiger partial charge in [-0.2, -0.15) is 10.1 Å². The fraction of sp³-hybridized carbons (Fsp3) is 0.655. The standard InChI is InChI=1S/C87H129N13O24/c1-54-14-10-9-11-15-55(2)70(111-7)47-63-20-17-59(6)87(110,124-63)80(106)83(107)99-25-13-12-16-66(99)84(108)121-71(48-67(101)56(3)43-58(5)78(104)79(105)77(103)57(4)42-54)64(88)44-60-18-21-69(72(45-60)112-8)123-86(109)91-24-27-114-29-31-116-33-35-118-37-39-120-41-40-119-38-36-117-34-32-115-30-28-113-26-23-74(102)94-51-73-92-49-61(50-93-73)52-100-82-75(81(89)95-53-96-82)76(98-100)62-19-22-68-65(46-62)97-85(90)122-68/h9-11,14-15,19,22,43,46,49-50,53-54,56-57,59-60,63-64,66-67,69-72,78-79,101,104-105,110H,12-13,16-18,20-21,23-42,44-45,47-48,51-52,88H2,1-8H3,(H2,90,97)(H,91,109)(H,94,102)(H2,89,95,96)/b11-9?,14-10+,55-15?,58-43+/t54-,56-,57-,59-,60+,63+,64-,66+,67-,69-,70+,71+,72-,78-,79+,87-/m1/s1. The van der Waals surface area contributed by atoms with E-state index in [0.717, 1.165) is 21.6 Å². The summed E-state index contributed by atoms with van der Waals surface area (Å²) >= 11 is 0. The number of aromatic nitrogens is 7. The molecule has 3 aliphatic heterocycles. The van der Waals surface area contributed by atoms with Crippen molar-refractivity contribution >= 4 is 69.4 Å². The minimum absolute atomic E-state index is 0.0137. The van der Waals surface area contributed by atoms with Crippen LogP contribution in [0.25, 0.3) is 33.4 Å². The minimum Gasteiger partial charge on any atom is -0.459 e. The first kappa shape index (κ1) is 99.0. The topological polar surface area (TPSA) is 504 Å². The molecule has 4 aliphatic rings. The molecule has 16 atom stereocenters. The van der Waals surface area contributed by atoms with Crippen molar-refractivity contribution in [2.24, 2.45) is 35.3 Å². The minimum atomic E-state index is -2.50. The molecule has 9 rings (SSSR count). The highest BCUT2D eigenvalue weighted by molar-refractivity contribution is 6.39. The van der Waals surface area contributed by atoms with Gasteiger partial charge >= 0.3 is 12.1 Å². The SMILES string of the molecule is CO[C@H]1C[C@@H]2CC[C@@H](C)[C@@](O)(O2)C(=O)C(=O)N2CCCC[C@H]2C(=O)O[C@H]([C@H](N)C[C@@H]2CC[C@@H](OC(=O)NCCOCCOCCOCCOCCOCCOCCOCCOCCC(=O)NCc3ncc(Cn4nc(-c5ccc6oc(N)nc6c5)c5c(N)ncnc54)cn3)[C@H](OC)C2)C[C@@H](O)[C@H](C)/C=C(\C)[C@@H](O)[C@@H](O)C(=O)[C@H](C)C[C@H](C)/C=C/C=CC=C1C. The lowest BCUT2D eigenvalue weighted by molar-refractivity contribution is -0.265. The number of piperidine rings is 1. The van der Waals surface area contributed by atoms with Crippen LogP contribution >= 0.6 is 0 Å². The Morgan fingerprint density at radius 3 is 2.01 bits per heavy atom. The zero-order chi connectivity index (χ0) is 89.1. The Hall–Kier alpha value is -8.74. The number of aliphatic hydroxyl groups excluding tert-OH is 3. The number of oxazole rings is 1. The summed E-state index contributed by atoms with van der Waals surface area (Å²) < 4.78 is 81.9. The van der Waals surface area contributed by atoms with Crippen molar-refractivity contribution in [2.75, 3.05) is 144 Å². The van der Waals surface area contributed by atoms with E-state index in [2.05, 4.69) is 35.6 Å².